The van der Waals surface area contributed by atoms with Crippen LogP contribution >= 0.6 is 0 Å². The Morgan fingerprint density at radius 1 is 1.24 bits per heavy atom. The average Bonchev–Trinajstić information content (AvgIpc) is 2.32. The van der Waals surface area contributed by atoms with Gasteiger partial charge in [-0.05, 0) is 38.8 Å². The van der Waals surface area contributed by atoms with Crippen molar-refractivity contribution in [1.29, 1.82) is 5.41 Å². The molecule has 5 nitrogen and oxygen atoms in total. The van der Waals surface area contributed by atoms with Crippen LogP contribution in [-0.2, 0) is 0 Å². The summed E-state index contributed by atoms with van der Waals surface area (Å²) in [5.74, 6) is 5.83. The highest BCUT2D eigenvalue weighted by Gasteiger charge is 2.24. The first-order valence-corrected chi connectivity index (χ1v) is 6.66. The normalized spacial score (nSPS) is 24.8. The summed E-state index contributed by atoms with van der Waals surface area (Å²) in [6.45, 7) is 6.74. The van der Waals surface area contributed by atoms with Crippen molar-refractivity contribution < 1.29 is 0 Å². The van der Waals surface area contributed by atoms with Crippen LogP contribution in [0, 0.1) is 5.41 Å². The number of hydrogen-bond acceptors (Lipinski definition) is 3. The van der Waals surface area contributed by atoms with Gasteiger partial charge in [0.25, 0.3) is 0 Å². The molecule has 0 aliphatic heterocycles. The Kier molecular flexibility index (Phi) is 5.71. The van der Waals surface area contributed by atoms with Crippen LogP contribution in [0.5, 0.6) is 0 Å². The number of nitrogens with one attached hydrogen (secondary N) is 2. The van der Waals surface area contributed by atoms with Crippen LogP contribution in [0.25, 0.3) is 0 Å². The molecular formula is C12H27N5. The summed E-state index contributed by atoms with van der Waals surface area (Å²) in [6, 6.07) is 1.15. The van der Waals surface area contributed by atoms with E-state index in [-0.39, 0.29) is 0 Å². The molecule has 1 aliphatic carbocycles. The molecule has 0 atom stereocenters. The molecule has 0 heterocycles. The molecule has 17 heavy (non-hydrogen) atoms. The molecule has 0 aromatic carbocycles. The number of nitrogens with zero attached hydrogens (tertiary/aromatic N) is 2. The van der Waals surface area contributed by atoms with Crippen LogP contribution in [0.3, 0.4) is 0 Å². The van der Waals surface area contributed by atoms with Gasteiger partial charge in [-0.2, -0.15) is 0 Å². The maximum absolute atomic E-state index is 7.67. The van der Waals surface area contributed by atoms with E-state index in [1.807, 2.05) is 0 Å². The summed E-state index contributed by atoms with van der Waals surface area (Å²) < 4.78 is 0. The Labute approximate surface area is 105 Å². The molecule has 1 aliphatic rings. The fourth-order valence-corrected chi connectivity index (χ4v) is 2.62. The highest BCUT2D eigenvalue weighted by atomic mass is 15.5. The van der Waals surface area contributed by atoms with E-state index in [2.05, 4.69) is 24.1 Å². The highest BCUT2D eigenvalue weighted by Crippen LogP contribution is 2.22. The second-order valence-electron chi connectivity index (χ2n) is 4.83. The molecule has 0 aromatic heterocycles. The average molecular weight is 241 g/mol. The van der Waals surface area contributed by atoms with Crippen molar-refractivity contribution in [2.24, 2.45) is 5.84 Å². The highest BCUT2D eigenvalue weighted by molar-refractivity contribution is 5.75. The van der Waals surface area contributed by atoms with Crippen LogP contribution in [0.15, 0.2) is 0 Å². The molecule has 1 saturated carbocycles. The smallest absolute Gasteiger partial charge is 0.205 e. The lowest BCUT2D eigenvalue weighted by molar-refractivity contribution is 0.160. The van der Waals surface area contributed by atoms with Gasteiger partial charge < -0.3 is 10.2 Å². The summed E-state index contributed by atoms with van der Waals surface area (Å²) in [5.41, 5.74) is 0. The van der Waals surface area contributed by atoms with Gasteiger partial charge in [0.2, 0.25) is 5.96 Å². The third kappa shape index (κ3) is 4.16. The van der Waals surface area contributed by atoms with Gasteiger partial charge in [-0.15, -0.1) is 0 Å². The van der Waals surface area contributed by atoms with Crippen molar-refractivity contribution in [3.63, 3.8) is 0 Å². The lowest BCUT2D eigenvalue weighted by Crippen LogP contribution is -2.49. The maximum atomic E-state index is 7.67. The Morgan fingerprint density at radius 2 is 1.76 bits per heavy atom. The predicted molar refractivity (Wildman–Crippen MR) is 71.8 cm³/mol. The number of hydrogen-bond donors (Lipinski definition) is 3. The van der Waals surface area contributed by atoms with E-state index in [4.69, 9.17) is 11.3 Å². The van der Waals surface area contributed by atoms with Gasteiger partial charge in [-0.25, -0.2) is 5.84 Å². The van der Waals surface area contributed by atoms with Crippen LogP contribution in [-0.4, -0.2) is 48.1 Å². The van der Waals surface area contributed by atoms with E-state index in [9.17, 15) is 0 Å². The van der Waals surface area contributed by atoms with Crippen molar-refractivity contribution in [3.05, 3.63) is 0 Å². The third-order valence-corrected chi connectivity index (χ3v) is 3.72. The van der Waals surface area contributed by atoms with Gasteiger partial charge >= 0.3 is 0 Å². The molecule has 4 N–H and O–H groups in total. The van der Waals surface area contributed by atoms with Gasteiger partial charge in [0.15, 0.2) is 0 Å². The molecule has 1 rings (SSSR count). The Balaban J connectivity index is 2.33. The van der Waals surface area contributed by atoms with Gasteiger partial charge in [0, 0.05) is 19.1 Å². The molecule has 1 fully saturated rings. The number of guanidine groups is 1. The first kappa shape index (κ1) is 14.3. The molecular weight excluding hydrogens is 214 g/mol. The summed E-state index contributed by atoms with van der Waals surface area (Å²) in [4.78, 5) is 2.54. The third-order valence-electron chi connectivity index (χ3n) is 3.72. The molecule has 0 spiro atoms. The van der Waals surface area contributed by atoms with E-state index >= 15 is 0 Å². The maximum Gasteiger partial charge on any atom is 0.205 e. The largest absolute Gasteiger partial charge is 0.353 e. The van der Waals surface area contributed by atoms with E-state index in [0.717, 1.165) is 32.0 Å². The van der Waals surface area contributed by atoms with Gasteiger partial charge in [0.05, 0.1) is 0 Å². The van der Waals surface area contributed by atoms with E-state index < -0.39 is 0 Å². The number of nitrogens with two attached hydrogens (primary N) is 1. The van der Waals surface area contributed by atoms with Gasteiger partial charge in [-0.3, -0.25) is 10.4 Å². The summed E-state index contributed by atoms with van der Waals surface area (Å²) in [5, 5.41) is 12.2. The van der Waals surface area contributed by atoms with Crippen molar-refractivity contribution in [2.45, 2.75) is 51.6 Å². The Bertz CT molecular complexity index is 229. The first-order valence-electron chi connectivity index (χ1n) is 6.66. The minimum absolute atomic E-state index is 0.316. The van der Waals surface area contributed by atoms with Gasteiger partial charge in [0.1, 0.15) is 0 Å². The molecule has 5 heteroatoms. The van der Waals surface area contributed by atoms with E-state index in [0.29, 0.717) is 12.0 Å². The van der Waals surface area contributed by atoms with Crippen LogP contribution in [0.4, 0.5) is 0 Å². The van der Waals surface area contributed by atoms with Gasteiger partial charge in [-0.1, -0.05) is 13.8 Å². The Hall–Kier alpha value is -0.810. The minimum atomic E-state index is 0.316. The molecule has 0 saturated heterocycles. The van der Waals surface area contributed by atoms with Crippen molar-refractivity contribution in [3.8, 4) is 0 Å². The van der Waals surface area contributed by atoms with Crippen molar-refractivity contribution in [2.75, 3.05) is 20.1 Å². The molecule has 0 radical (unpaired) electrons. The Morgan fingerprint density at radius 3 is 2.18 bits per heavy atom. The SMILES string of the molecule is CCN(CC)C1CCC(NC(=N)N(C)N)CC1. The second-order valence-corrected chi connectivity index (χ2v) is 4.83. The molecule has 0 amide bonds. The lowest BCUT2D eigenvalue weighted by Gasteiger charge is -2.36. The standard InChI is InChI=1S/C12H27N5/c1-4-17(5-2)11-8-6-10(7-9-11)15-12(13)16(3)14/h10-11H,4-9,14H2,1-3H3,(H2,13,15). The van der Waals surface area contributed by atoms with Crippen LogP contribution < -0.4 is 11.2 Å². The minimum Gasteiger partial charge on any atom is -0.353 e. The fourth-order valence-electron chi connectivity index (χ4n) is 2.62. The first-order chi connectivity index (χ1) is 8.08. The zero-order chi connectivity index (χ0) is 12.8. The molecule has 0 aromatic rings. The summed E-state index contributed by atoms with van der Waals surface area (Å²) in [6.07, 6.45) is 4.72. The van der Waals surface area contributed by atoms with Crippen LogP contribution in [0.1, 0.15) is 39.5 Å². The quantitative estimate of drug-likeness (QED) is 0.297. The molecule has 0 unspecified atom stereocenters. The predicted octanol–water partition coefficient (Wildman–Crippen LogP) is 0.969. The topological polar surface area (TPSA) is 68.4 Å². The monoisotopic (exact) mass is 241 g/mol. The zero-order valence-electron chi connectivity index (χ0n) is 11.4. The van der Waals surface area contributed by atoms with Crippen molar-refractivity contribution in [1.82, 2.24) is 15.2 Å². The number of rotatable bonds is 4. The van der Waals surface area contributed by atoms with E-state index in [1.165, 1.54) is 17.9 Å². The summed E-state index contributed by atoms with van der Waals surface area (Å²) >= 11 is 0. The summed E-state index contributed by atoms with van der Waals surface area (Å²) in [7, 11) is 1.69. The van der Waals surface area contributed by atoms with Crippen molar-refractivity contribution >= 4 is 5.96 Å². The second kappa shape index (κ2) is 6.81. The lowest BCUT2D eigenvalue weighted by atomic mass is 9.90. The number of hydrazine groups is 1. The molecule has 100 valence electrons. The molecule has 0 bridgehead atoms. The fraction of sp³-hybridized carbons (Fsp3) is 0.917. The zero-order valence-corrected chi connectivity index (χ0v) is 11.4. The van der Waals surface area contributed by atoms with E-state index in [1.54, 1.807) is 7.05 Å². The van der Waals surface area contributed by atoms with Crippen LogP contribution in [0.2, 0.25) is 0 Å².